The summed E-state index contributed by atoms with van der Waals surface area (Å²) in [5.41, 5.74) is 3.56. The maximum Gasteiger partial charge on any atom is 0.251 e. The first-order valence-electron chi connectivity index (χ1n) is 8.52. The molecule has 4 heteroatoms. The number of ether oxygens (including phenoxy) is 1. The fourth-order valence-corrected chi connectivity index (χ4v) is 2.57. The lowest BCUT2D eigenvalue weighted by Crippen LogP contribution is -2.28. The second kappa shape index (κ2) is 8.83. The van der Waals surface area contributed by atoms with E-state index in [-0.39, 0.29) is 12.5 Å². The van der Waals surface area contributed by atoms with Crippen LogP contribution in [0.1, 0.15) is 15.9 Å². The van der Waals surface area contributed by atoms with Gasteiger partial charge in [-0.3, -0.25) is 4.79 Å². The maximum atomic E-state index is 12.2. The Bertz CT molecular complexity index is 828. The summed E-state index contributed by atoms with van der Waals surface area (Å²) in [5, 5.41) is 11.9. The van der Waals surface area contributed by atoms with E-state index in [2.05, 4.69) is 5.32 Å². The number of benzene rings is 3. The minimum Gasteiger partial charge on any atom is -0.492 e. The Morgan fingerprint density at radius 3 is 2.08 bits per heavy atom. The monoisotopic (exact) mass is 347 g/mol. The van der Waals surface area contributed by atoms with Crippen molar-refractivity contribution in [1.82, 2.24) is 5.32 Å². The van der Waals surface area contributed by atoms with Crippen LogP contribution in [0.2, 0.25) is 0 Å². The zero-order valence-electron chi connectivity index (χ0n) is 14.4. The number of aliphatic hydroxyl groups is 1. The van der Waals surface area contributed by atoms with Crippen LogP contribution in [-0.4, -0.2) is 24.2 Å². The van der Waals surface area contributed by atoms with Gasteiger partial charge in [-0.05, 0) is 41.0 Å². The normalized spacial score (nSPS) is 10.3. The molecule has 132 valence electrons. The maximum absolute atomic E-state index is 12.2. The third kappa shape index (κ3) is 4.71. The molecule has 0 aromatic heterocycles. The predicted molar refractivity (Wildman–Crippen MR) is 102 cm³/mol. The summed E-state index contributed by atoms with van der Waals surface area (Å²) in [6.07, 6.45) is 0. The summed E-state index contributed by atoms with van der Waals surface area (Å²) in [6, 6.07) is 24.7. The Balaban J connectivity index is 1.51. The smallest absolute Gasteiger partial charge is 0.251 e. The molecule has 1 amide bonds. The van der Waals surface area contributed by atoms with E-state index in [0.29, 0.717) is 18.7 Å². The van der Waals surface area contributed by atoms with Crippen molar-refractivity contribution < 1.29 is 14.6 Å². The molecular weight excluding hydrogens is 326 g/mol. The zero-order chi connectivity index (χ0) is 18.2. The van der Waals surface area contributed by atoms with Crippen molar-refractivity contribution >= 4 is 5.91 Å². The average Bonchev–Trinajstić information content (AvgIpc) is 2.72. The fraction of sp³-hybridized carbons (Fsp3) is 0.136. The van der Waals surface area contributed by atoms with Crippen LogP contribution in [-0.2, 0) is 6.61 Å². The van der Waals surface area contributed by atoms with E-state index < -0.39 is 0 Å². The molecule has 4 nitrogen and oxygen atoms in total. The van der Waals surface area contributed by atoms with E-state index in [1.165, 1.54) is 0 Å². The van der Waals surface area contributed by atoms with Gasteiger partial charge < -0.3 is 15.2 Å². The van der Waals surface area contributed by atoms with E-state index in [4.69, 9.17) is 9.84 Å². The first-order valence-corrected chi connectivity index (χ1v) is 8.52. The lowest BCUT2D eigenvalue weighted by molar-refractivity contribution is 0.0947. The third-order valence-corrected chi connectivity index (χ3v) is 4.02. The van der Waals surface area contributed by atoms with E-state index in [9.17, 15) is 4.79 Å². The van der Waals surface area contributed by atoms with Gasteiger partial charge in [-0.2, -0.15) is 0 Å². The molecule has 0 bridgehead atoms. The molecule has 0 saturated carbocycles. The molecule has 2 N–H and O–H groups in total. The number of amides is 1. The van der Waals surface area contributed by atoms with Crippen LogP contribution in [0.4, 0.5) is 0 Å². The number of carbonyl (C=O) groups is 1. The van der Waals surface area contributed by atoms with Gasteiger partial charge in [0.2, 0.25) is 0 Å². The Morgan fingerprint density at radius 1 is 0.846 bits per heavy atom. The van der Waals surface area contributed by atoms with E-state index >= 15 is 0 Å². The van der Waals surface area contributed by atoms with Crippen LogP contribution in [0.15, 0.2) is 78.9 Å². The van der Waals surface area contributed by atoms with Crippen LogP contribution >= 0.6 is 0 Å². The highest BCUT2D eigenvalue weighted by atomic mass is 16.5. The molecule has 0 saturated heterocycles. The Kier molecular flexibility index (Phi) is 6.01. The first-order chi connectivity index (χ1) is 12.8. The Labute approximate surface area is 153 Å². The molecule has 0 radical (unpaired) electrons. The molecule has 3 rings (SSSR count). The van der Waals surface area contributed by atoms with Crippen LogP contribution in [0.5, 0.6) is 5.75 Å². The number of hydrogen-bond acceptors (Lipinski definition) is 3. The predicted octanol–water partition coefficient (Wildman–Crippen LogP) is 3.65. The van der Waals surface area contributed by atoms with Crippen molar-refractivity contribution in [1.29, 1.82) is 0 Å². The van der Waals surface area contributed by atoms with Gasteiger partial charge in [-0.25, -0.2) is 0 Å². The van der Waals surface area contributed by atoms with Gasteiger partial charge in [0.15, 0.2) is 0 Å². The van der Waals surface area contributed by atoms with Crippen molar-refractivity contribution in [3.05, 3.63) is 90.0 Å². The summed E-state index contributed by atoms with van der Waals surface area (Å²) >= 11 is 0. The minimum atomic E-state index is -0.121. The third-order valence-electron chi connectivity index (χ3n) is 4.02. The molecule has 0 aliphatic heterocycles. The largest absolute Gasteiger partial charge is 0.492 e. The lowest BCUT2D eigenvalue weighted by atomic mass is 10.0. The van der Waals surface area contributed by atoms with E-state index in [1.807, 2.05) is 78.9 Å². The molecular formula is C22H21NO3. The number of hydrogen-bond donors (Lipinski definition) is 2. The molecule has 0 fully saturated rings. The fourth-order valence-electron chi connectivity index (χ4n) is 2.57. The number of aliphatic hydroxyl groups excluding tert-OH is 1. The highest BCUT2D eigenvalue weighted by Crippen LogP contribution is 2.20. The van der Waals surface area contributed by atoms with Crippen molar-refractivity contribution in [3.63, 3.8) is 0 Å². The second-order valence-electron chi connectivity index (χ2n) is 5.85. The van der Waals surface area contributed by atoms with E-state index in [1.54, 1.807) is 0 Å². The van der Waals surface area contributed by atoms with Crippen LogP contribution in [0.25, 0.3) is 11.1 Å². The molecule has 3 aromatic carbocycles. The molecule has 0 spiro atoms. The number of carbonyl (C=O) groups excluding carboxylic acids is 1. The van der Waals surface area contributed by atoms with Crippen LogP contribution in [0, 0.1) is 0 Å². The SMILES string of the molecule is O=C(NCCOc1ccccc1)c1ccc(-c2ccc(CO)cc2)cc1. The lowest BCUT2D eigenvalue weighted by Gasteiger charge is -2.08. The number of rotatable bonds is 7. The molecule has 0 heterocycles. The summed E-state index contributed by atoms with van der Waals surface area (Å²) in [6.45, 7) is 0.899. The minimum absolute atomic E-state index is 0.0351. The van der Waals surface area contributed by atoms with Crippen molar-refractivity contribution in [2.45, 2.75) is 6.61 Å². The quantitative estimate of drug-likeness (QED) is 0.641. The van der Waals surface area contributed by atoms with Gasteiger partial charge >= 0.3 is 0 Å². The standard InChI is InChI=1S/C22H21NO3/c24-16-17-6-8-18(9-7-17)19-10-12-20(13-11-19)22(25)23-14-15-26-21-4-2-1-3-5-21/h1-13,24H,14-16H2,(H,23,25). The highest BCUT2D eigenvalue weighted by molar-refractivity contribution is 5.94. The summed E-state index contributed by atoms with van der Waals surface area (Å²) in [7, 11) is 0. The van der Waals surface area contributed by atoms with Crippen LogP contribution in [0.3, 0.4) is 0 Å². The van der Waals surface area contributed by atoms with Crippen molar-refractivity contribution in [2.24, 2.45) is 0 Å². The molecule has 0 unspecified atom stereocenters. The van der Waals surface area contributed by atoms with Gasteiger partial charge in [0.1, 0.15) is 12.4 Å². The first kappa shape index (κ1) is 17.7. The topological polar surface area (TPSA) is 58.6 Å². The summed E-state index contributed by atoms with van der Waals surface area (Å²) < 4.78 is 5.56. The van der Waals surface area contributed by atoms with Crippen molar-refractivity contribution in [2.75, 3.05) is 13.2 Å². The highest BCUT2D eigenvalue weighted by Gasteiger charge is 2.06. The van der Waals surface area contributed by atoms with Crippen molar-refractivity contribution in [3.8, 4) is 16.9 Å². The van der Waals surface area contributed by atoms with Gasteiger partial charge in [-0.1, -0.05) is 54.6 Å². The molecule has 3 aromatic rings. The van der Waals surface area contributed by atoms with Gasteiger partial charge in [0, 0.05) is 5.56 Å². The molecule has 0 aliphatic rings. The second-order valence-corrected chi connectivity index (χ2v) is 5.85. The van der Waals surface area contributed by atoms with Gasteiger partial charge in [0.25, 0.3) is 5.91 Å². The average molecular weight is 347 g/mol. The Hall–Kier alpha value is -3.11. The summed E-state index contributed by atoms with van der Waals surface area (Å²) in [5.74, 6) is 0.669. The van der Waals surface area contributed by atoms with E-state index in [0.717, 1.165) is 22.4 Å². The molecule has 26 heavy (non-hydrogen) atoms. The Morgan fingerprint density at radius 2 is 1.46 bits per heavy atom. The summed E-state index contributed by atoms with van der Waals surface area (Å²) in [4.78, 5) is 12.2. The zero-order valence-corrected chi connectivity index (χ0v) is 14.4. The van der Waals surface area contributed by atoms with Crippen LogP contribution < -0.4 is 10.1 Å². The molecule has 0 aliphatic carbocycles. The molecule has 0 atom stereocenters. The number of nitrogens with one attached hydrogen (secondary N) is 1. The number of para-hydroxylation sites is 1. The van der Waals surface area contributed by atoms with Gasteiger partial charge in [-0.15, -0.1) is 0 Å². The van der Waals surface area contributed by atoms with Gasteiger partial charge in [0.05, 0.1) is 13.2 Å².